The first-order valence-corrected chi connectivity index (χ1v) is 7.39. The van der Waals surface area contributed by atoms with E-state index in [0.29, 0.717) is 11.5 Å². The van der Waals surface area contributed by atoms with Crippen LogP contribution in [0, 0.1) is 6.92 Å². The fraction of sp³-hybridized carbons (Fsp3) is 0.176. The van der Waals surface area contributed by atoms with Gasteiger partial charge in [-0.15, -0.1) is 0 Å². The number of nitrogens with one attached hydrogen (secondary N) is 1. The molecule has 2 aromatic heterocycles. The summed E-state index contributed by atoms with van der Waals surface area (Å²) in [4.78, 5) is 12.2. The number of rotatable bonds is 4. The summed E-state index contributed by atoms with van der Waals surface area (Å²) in [5.74, 6) is 0.211. The topological polar surface area (TPSA) is 60.1 Å². The smallest absolute Gasteiger partial charge is 0.416 e. The Hall–Kier alpha value is -3.03. The lowest BCUT2D eigenvalue weighted by atomic mass is 10.2. The predicted octanol–water partition coefficient (Wildman–Crippen LogP) is 3.72. The highest BCUT2D eigenvalue weighted by molar-refractivity contribution is 5.95. The lowest BCUT2D eigenvalue weighted by molar-refractivity contribution is -0.137. The van der Waals surface area contributed by atoms with Crippen LogP contribution >= 0.6 is 0 Å². The predicted molar refractivity (Wildman–Crippen MR) is 83.2 cm³/mol. The molecule has 0 aliphatic carbocycles. The van der Waals surface area contributed by atoms with E-state index in [1.54, 1.807) is 19.1 Å². The number of furan rings is 1. The summed E-state index contributed by atoms with van der Waals surface area (Å²) in [5.41, 5.74) is 0.182. The van der Waals surface area contributed by atoms with Crippen LogP contribution < -0.4 is 5.32 Å². The lowest BCUT2D eigenvalue weighted by Crippen LogP contribution is -2.23. The lowest BCUT2D eigenvalue weighted by Gasteiger charge is -2.10. The average molecular weight is 349 g/mol. The van der Waals surface area contributed by atoms with Crippen molar-refractivity contribution in [1.29, 1.82) is 0 Å². The fourth-order valence-corrected chi connectivity index (χ4v) is 2.38. The van der Waals surface area contributed by atoms with E-state index >= 15 is 0 Å². The van der Waals surface area contributed by atoms with E-state index in [0.717, 1.165) is 12.1 Å². The Morgan fingerprint density at radius 3 is 2.76 bits per heavy atom. The van der Waals surface area contributed by atoms with E-state index in [4.69, 9.17) is 4.42 Å². The maximum absolute atomic E-state index is 12.8. The van der Waals surface area contributed by atoms with E-state index in [2.05, 4.69) is 10.4 Å². The minimum atomic E-state index is -4.44. The van der Waals surface area contributed by atoms with Crippen LogP contribution in [0.5, 0.6) is 0 Å². The molecule has 25 heavy (non-hydrogen) atoms. The zero-order valence-electron chi connectivity index (χ0n) is 13.2. The molecule has 1 amide bonds. The molecule has 1 N–H and O–H groups in total. The molecule has 0 saturated carbocycles. The molecule has 0 bridgehead atoms. The average Bonchev–Trinajstić information content (AvgIpc) is 3.21. The third-order valence-electron chi connectivity index (χ3n) is 3.68. The number of benzene rings is 1. The quantitative estimate of drug-likeness (QED) is 0.781. The number of nitrogens with zero attached hydrogens (tertiary/aromatic N) is 2. The van der Waals surface area contributed by atoms with Gasteiger partial charge < -0.3 is 9.73 Å². The number of amides is 1. The Morgan fingerprint density at radius 1 is 1.28 bits per heavy atom. The Kier molecular flexibility index (Phi) is 4.35. The summed E-state index contributed by atoms with van der Waals surface area (Å²) in [6.45, 7) is 1.83. The third-order valence-corrected chi connectivity index (χ3v) is 3.68. The summed E-state index contributed by atoms with van der Waals surface area (Å²) in [6, 6.07) is 8.21. The highest BCUT2D eigenvalue weighted by Gasteiger charge is 2.30. The summed E-state index contributed by atoms with van der Waals surface area (Å²) in [5, 5.41) is 6.72. The number of halogens is 3. The maximum Gasteiger partial charge on any atom is 0.416 e. The highest BCUT2D eigenvalue weighted by Crippen LogP contribution is 2.30. The van der Waals surface area contributed by atoms with Crippen molar-refractivity contribution in [2.45, 2.75) is 19.6 Å². The molecule has 5 nitrogen and oxygen atoms in total. The van der Waals surface area contributed by atoms with Crippen LogP contribution in [-0.4, -0.2) is 15.7 Å². The molecule has 0 unspecified atom stereocenters. The number of hydrogen-bond donors (Lipinski definition) is 1. The Morgan fingerprint density at radius 2 is 2.08 bits per heavy atom. The molecule has 0 spiro atoms. The van der Waals surface area contributed by atoms with Crippen molar-refractivity contribution in [3.8, 4) is 5.69 Å². The van der Waals surface area contributed by atoms with Crippen molar-refractivity contribution in [1.82, 2.24) is 15.1 Å². The van der Waals surface area contributed by atoms with Crippen molar-refractivity contribution < 1.29 is 22.4 Å². The molecule has 2 heterocycles. The Labute approximate surface area is 141 Å². The van der Waals surface area contributed by atoms with Gasteiger partial charge in [0.05, 0.1) is 41.5 Å². The molecule has 0 aliphatic rings. The zero-order valence-corrected chi connectivity index (χ0v) is 13.2. The molecule has 8 heteroatoms. The molecule has 3 aromatic rings. The van der Waals surface area contributed by atoms with Gasteiger partial charge >= 0.3 is 6.18 Å². The largest absolute Gasteiger partial charge is 0.467 e. The van der Waals surface area contributed by atoms with Crippen LogP contribution in [0.15, 0.2) is 53.3 Å². The normalized spacial score (nSPS) is 11.5. The van der Waals surface area contributed by atoms with Gasteiger partial charge in [-0.25, -0.2) is 4.68 Å². The van der Waals surface area contributed by atoms with Gasteiger partial charge in [0.1, 0.15) is 5.76 Å². The van der Waals surface area contributed by atoms with E-state index in [-0.39, 0.29) is 23.7 Å². The molecule has 0 radical (unpaired) electrons. The van der Waals surface area contributed by atoms with Crippen molar-refractivity contribution in [3.05, 3.63) is 71.4 Å². The van der Waals surface area contributed by atoms with E-state index in [9.17, 15) is 18.0 Å². The van der Waals surface area contributed by atoms with Gasteiger partial charge in [0.15, 0.2) is 0 Å². The maximum atomic E-state index is 12.8. The Balaban J connectivity index is 1.82. The number of carbonyl (C=O) groups excluding carboxylic acids is 1. The standard InChI is InChI=1S/C17H14F3N3O2/c1-11-15(16(24)21-9-14-6-3-7-25-14)10-22-23(11)13-5-2-4-12(8-13)17(18,19)20/h2-8,10H,9H2,1H3,(H,21,24). The molecule has 3 rings (SSSR count). The monoisotopic (exact) mass is 349 g/mol. The zero-order chi connectivity index (χ0) is 18.0. The van der Waals surface area contributed by atoms with Gasteiger partial charge in [0.2, 0.25) is 0 Å². The molecule has 0 fully saturated rings. The molecule has 0 saturated heterocycles. The van der Waals surface area contributed by atoms with Crippen LogP contribution in [0.2, 0.25) is 0 Å². The first-order valence-electron chi connectivity index (χ1n) is 7.39. The van der Waals surface area contributed by atoms with Crippen LogP contribution in [0.4, 0.5) is 13.2 Å². The van der Waals surface area contributed by atoms with E-state index < -0.39 is 11.7 Å². The SMILES string of the molecule is Cc1c(C(=O)NCc2ccco2)cnn1-c1cccc(C(F)(F)F)c1. The first kappa shape index (κ1) is 16.8. The third kappa shape index (κ3) is 3.57. The molecular formula is C17H14F3N3O2. The fourth-order valence-electron chi connectivity index (χ4n) is 2.38. The molecule has 0 atom stereocenters. The summed E-state index contributed by atoms with van der Waals surface area (Å²) < 4.78 is 45.0. The van der Waals surface area contributed by atoms with E-state index in [1.807, 2.05) is 0 Å². The molecule has 130 valence electrons. The molecule has 1 aromatic carbocycles. The summed E-state index contributed by atoms with van der Waals surface area (Å²) >= 11 is 0. The van der Waals surface area contributed by atoms with Crippen LogP contribution in [0.3, 0.4) is 0 Å². The van der Waals surface area contributed by atoms with Gasteiger partial charge in [0.25, 0.3) is 5.91 Å². The molecular weight excluding hydrogens is 335 g/mol. The second kappa shape index (κ2) is 6.46. The van der Waals surface area contributed by atoms with Crippen molar-refractivity contribution >= 4 is 5.91 Å². The van der Waals surface area contributed by atoms with Gasteiger partial charge in [-0.3, -0.25) is 4.79 Å². The summed E-state index contributed by atoms with van der Waals surface area (Å²) in [7, 11) is 0. The second-order valence-electron chi connectivity index (χ2n) is 5.37. The van der Waals surface area contributed by atoms with Crippen molar-refractivity contribution in [2.24, 2.45) is 0 Å². The summed E-state index contributed by atoms with van der Waals surface area (Å²) in [6.07, 6.45) is -1.62. The van der Waals surface area contributed by atoms with Gasteiger partial charge in [-0.2, -0.15) is 18.3 Å². The number of aromatic nitrogens is 2. The van der Waals surface area contributed by atoms with Crippen LogP contribution in [-0.2, 0) is 12.7 Å². The van der Waals surface area contributed by atoms with Gasteiger partial charge in [-0.1, -0.05) is 6.07 Å². The molecule has 0 aliphatic heterocycles. The number of hydrogen-bond acceptors (Lipinski definition) is 3. The van der Waals surface area contributed by atoms with Crippen LogP contribution in [0.1, 0.15) is 27.4 Å². The number of carbonyl (C=O) groups is 1. The van der Waals surface area contributed by atoms with Gasteiger partial charge in [-0.05, 0) is 37.3 Å². The van der Waals surface area contributed by atoms with E-state index in [1.165, 1.54) is 29.3 Å². The van der Waals surface area contributed by atoms with Crippen molar-refractivity contribution in [2.75, 3.05) is 0 Å². The number of alkyl halides is 3. The van der Waals surface area contributed by atoms with Gasteiger partial charge in [0, 0.05) is 0 Å². The van der Waals surface area contributed by atoms with Crippen LogP contribution in [0.25, 0.3) is 5.69 Å². The Bertz CT molecular complexity index is 883. The second-order valence-corrected chi connectivity index (χ2v) is 5.37. The minimum absolute atomic E-state index is 0.208. The first-order chi connectivity index (χ1) is 11.9. The highest BCUT2D eigenvalue weighted by atomic mass is 19.4. The minimum Gasteiger partial charge on any atom is -0.467 e. The van der Waals surface area contributed by atoms with Crippen molar-refractivity contribution in [3.63, 3.8) is 0 Å².